The van der Waals surface area contributed by atoms with Crippen LogP contribution in [0.1, 0.15) is 11.9 Å². The molecule has 0 radical (unpaired) electrons. The van der Waals surface area contributed by atoms with Crippen molar-refractivity contribution in [2.75, 3.05) is 25.1 Å². The van der Waals surface area contributed by atoms with Crippen molar-refractivity contribution in [3.63, 3.8) is 0 Å². The zero-order valence-corrected chi connectivity index (χ0v) is 10.3. The highest BCUT2D eigenvalue weighted by molar-refractivity contribution is 5.55. The number of hydrogen-bond donors (Lipinski definition) is 2. The normalized spacial score (nSPS) is 15.0. The Kier molecular flexibility index (Phi) is 3.29. The molecule has 1 aliphatic heterocycles. The fraction of sp³-hybridized carbons (Fsp3) is 0.286. The van der Waals surface area contributed by atoms with Crippen molar-refractivity contribution in [3.05, 3.63) is 42.4 Å². The average Bonchev–Trinajstić information content (AvgIpc) is 2.99. The number of rotatable bonds is 4. The lowest BCUT2D eigenvalue weighted by molar-refractivity contribution is 0.162. The zero-order chi connectivity index (χ0) is 13.1. The third-order valence-electron chi connectivity index (χ3n) is 2.91. The van der Waals surface area contributed by atoms with Gasteiger partial charge in [-0.15, -0.1) is 0 Å². The lowest BCUT2D eigenvalue weighted by atomic mass is 10.2. The topological polar surface area (TPSA) is 63.9 Å². The van der Waals surface area contributed by atoms with Crippen molar-refractivity contribution in [3.8, 4) is 11.5 Å². The predicted molar refractivity (Wildman–Crippen MR) is 69.6 cm³/mol. The summed E-state index contributed by atoms with van der Waals surface area (Å²) in [7, 11) is 0. The van der Waals surface area contributed by atoms with Crippen molar-refractivity contribution in [2.24, 2.45) is 0 Å². The smallest absolute Gasteiger partial charge is 0.163 e. The van der Waals surface area contributed by atoms with Crippen LogP contribution < -0.4 is 14.8 Å². The molecular formula is C14H15NO4. The molecular weight excluding hydrogens is 246 g/mol. The van der Waals surface area contributed by atoms with E-state index in [-0.39, 0.29) is 0 Å². The lowest BCUT2D eigenvalue weighted by Crippen LogP contribution is -2.16. The van der Waals surface area contributed by atoms with E-state index in [1.165, 1.54) is 0 Å². The quantitative estimate of drug-likeness (QED) is 0.883. The highest BCUT2D eigenvalue weighted by Gasteiger charge is 2.13. The Balaban J connectivity index is 1.64. The van der Waals surface area contributed by atoms with Crippen LogP contribution in [0.25, 0.3) is 0 Å². The van der Waals surface area contributed by atoms with Gasteiger partial charge in [0.15, 0.2) is 11.5 Å². The minimum absolute atomic E-state index is 0.368. The Hall–Kier alpha value is -2.14. The molecule has 0 aliphatic carbocycles. The van der Waals surface area contributed by atoms with E-state index in [1.807, 2.05) is 18.2 Å². The summed E-state index contributed by atoms with van der Waals surface area (Å²) in [5.74, 6) is 2.03. The maximum atomic E-state index is 9.90. The zero-order valence-electron chi connectivity index (χ0n) is 10.3. The number of fused-ring (bicyclic) bond motifs is 1. The summed E-state index contributed by atoms with van der Waals surface area (Å²) >= 11 is 0. The second-order valence-electron chi connectivity index (χ2n) is 4.27. The van der Waals surface area contributed by atoms with Crippen LogP contribution >= 0.6 is 0 Å². The third kappa shape index (κ3) is 2.66. The maximum Gasteiger partial charge on any atom is 0.163 e. The molecule has 5 heteroatoms. The number of aliphatic hydroxyl groups is 1. The van der Waals surface area contributed by atoms with Gasteiger partial charge in [0.1, 0.15) is 25.1 Å². The van der Waals surface area contributed by atoms with E-state index in [0.29, 0.717) is 25.5 Å². The van der Waals surface area contributed by atoms with E-state index in [0.717, 1.165) is 17.2 Å². The van der Waals surface area contributed by atoms with E-state index in [1.54, 1.807) is 18.4 Å². The number of furan rings is 1. The van der Waals surface area contributed by atoms with Gasteiger partial charge in [0, 0.05) is 18.3 Å². The van der Waals surface area contributed by atoms with Crippen molar-refractivity contribution >= 4 is 5.69 Å². The summed E-state index contributed by atoms with van der Waals surface area (Å²) in [6.45, 7) is 1.51. The second-order valence-corrected chi connectivity index (χ2v) is 4.27. The molecule has 100 valence electrons. The lowest BCUT2D eigenvalue weighted by Gasteiger charge is -2.19. The fourth-order valence-electron chi connectivity index (χ4n) is 1.95. The molecule has 0 fully saturated rings. The van der Waals surface area contributed by atoms with Gasteiger partial charge in [-0.25, -0.2) is 0 Å². The molecule has 1 aromatic carbocycles. The summed E-state index contributed by atoms with van der Waals surface area (Å²) in [6.07, 6.45) is 0.867. The highest BCUT2D eigenvalue weighted by atomic mass is 16.6. The first-order valence-corrected chi connectivity index (χ1v) is 6.18. The van der Waals surface area contributed by atoms with E-state index < -0.39 is 6.10 Å². The van der Waals surface area contributed by atoms with Gasteiger partial charge in [-0.2, -0.15) is 0 Å². The molecule has 2 N–H and O–H groups in total. The van der Waals surface area contributed by atoms with Crippen LogP contribution in [0.2, 0.25) is 0 Å². The van der Waals surface area contributed by atoms with Gasteiger partial charge in [0.25, 0.3) is 0 Å². The van der Waals surface area contributed by atoms with E-state index in [2.05, 4.69) is 5.32 Å². The summed E-state index contributed by atoms with van der Waals surface area (Å²) in [6, 6.07) is 9.11. The first-order valence-electron chi connectivity index (χ1n) is 6.18. The highest BCUT2D eigenvalue weighted by Crippen LogP contribution is 2.32. The Morgan fingerprint density at radius 3 is 2.79 bits per heavy atom. The molecule has 1 unspecified atom stereocenters. The molecule has 1 aromatic heterocycles. The summed E-state index contributed by atoms with van der Waals surface area (Å²) in [5, 5.41) is 13.0. The Bertz CT molecular complexity index is 538. The van der Waals surface area contributed by atoms with Crippen LogP contribution in [-0.4, -0.2) is 24.9 Å². The van der Waals surface area contributed by atoms with Gasteiger partial charge in [0.2, 0.25) is 0 Å². The van der Waals surface area contributed by atoms with Crippen LogP contribution in [0.3, 0.4) is 0 Å². The third-order valence-corrected chi connectivity index (χ3v) is 2.91. The summed E-state index contributed by atoms with van der Waals surface area (Å²) in [4.78, 5) is 0. The van der Waals surface area contributed by atoms with E-state index in [4.69, 9.17) is 13.9 Å². The molecule has 0 amide bonds. The first-order chi connectivity index (χ1) is 9.33. The first kappa shape index (κ1) is 11.9. The van der Waals surface area contributed by atoms with Crippen LogP contribution in [0.4, 0.5) is 5.69 Å². The predicted octanol–water partition coefficient (Wildman–Crippen LogP) is 2.20. The molecule has 1 aliphatic rings. The number of anilines is 1. The minimum atomic E-state index is -0.678. The summed E-state index contributed by atoms with van der Waals surface area (Å²) in [5.41, 5.74) is 0.870. The number of ether oxygens (including phenoxy) is 2. The fourth-order valence-corrected chi connectivity index (χ4v) is 1.95. The number of nitrogens with one attached hydrogen (secondary N) is 1. The van der Waals surface area contributed by atoms with Gasteiger partial charge in [-0.05, 0) is 24.3 Å². The number of benzene rings is 1. The van der Waals surface area contributed by atoms with Crippen LogP contribution in [0.5, 0.6) is 11.5 Å². The largest absolute Gasteiger partial charge is 0.486 e. The molecule has 3 rings (SSSR count). The molecule has 1 atom stereocenters. The average molecular weight is 261 g/mol. The standard InChI is InChI=1S/C14H15NO4/c16-11(12-2-1-5-17-12)9-15-10-3-4-13-14(8-10)19-7-6-18-13/h1-5,8,11,15-16H,6-7,9H2. The molecule has 0 bridgehead atoms. The van der Waals surface area contributed by atoms with E-state index in [9.17, 15) is 5.11 Å². The van der Waals surface area contributed by atoms with E-state index >= 15 is 0 Å². The maximum absolute atomic E-state index is 9.90. The number of aliphatic hydroxyl groups excluding tert-OH is 1. The monoisotopic (exact) mass is 261 g/mol. The van der Waals surface area contributed by atoms with Crippen molar-refractivity contribution < 1.29 is 19.0 Å². The number of hydrogen-bond acceptors (Lipinski definition) is 5. The van der Waals surface area contributed by atoms with Crippen molar-refractivity contribution in [1.29, 1.82) is 0 Å². The van der Waals surface area contributed by atoms with Crippen molar-refractivity contribution in [2.45, 2.75) is 6.10 Å². The van der Waals surface area contributed by atoms with Crippen LogP contribution in [0.15, 0.2) is 41.0 Å². The summed E-state index contributed by atoms with van der Waals surface area (Å²) < 4.78 is 16.1. The Morgan fingerprint density at radius 2 is 2.00 bits per heavy atom. The molecule has 2 aromatic rings. The molecule has 0 spiro atoms. The van der Waals surface area contributed by atoms with Gasteiger partial charge in [0.05, 0.1) is 6.26 Å². The Labute approximate surface area is 110 Å². The van der Waals surface area contributed by atoms with Crippen LogP contribution in [-0.2, 0) is 0 Å². The molecule has 0 saturated carbocycles. The van der Waals surface area contributed by atoms with Gasteiger partial charge < -0.3 is 24.3 Å². The minimum Gasteiger partial charge on any atom is -0.486 e. The molecule has 5 nitrogen and oxygen atoms in total. The SMILES string of the molecule is OC(CNc1ccc2c(c1)OCCO2)c1ccco1. The van der Waals surface area contributed by atoms with Gasteiger partial charge >= 0.3 is 0 Å². The second kappa shape index (κ2) is 5.24. The van der Waals surface area contributed by atoms with Gasteiger partial charge in [-0.3, -0.25) is 0 Å². The molecule has 0 saturated heterocycles. The van der Waals surface area contributed by atoms with Crippen LogP contribution in [0, 0.1) is 0 Å². The Morgan fingerprint density at radius 1 is 1.16 bits per heavy atom. The van der Waals surface area contributed by atoms with Crippen molar-refractivity contribution in [1.82, 2.24) is 0 Å². The molecule has 19 heavy (non-hydrogen) atoms. The molecule has 2 heterocycles. The van der Waals surface area contributed by atoms with Gasteiger partial charge in [-0.1, -0.05) is 0 Å².